The average Bonchev–Trinajstić information content (AvgIpc) is 2.84. The number of nitrogens with zero attached hydrogens (tertiary/aromatic N) is 2. The first-order chi connectivity index (χ1) is 11.9. The van der Waals surface area contributed by atoms with Crippen LogP contribution in [0.4, 0.5) is 11.4 Å². The van der Waals surface area contributed by atoms with Crippen LogP contribution in [-0.4, -0.2) is 34.7 Å². The summed E-state index contributed by atoms with van der Waals surface area (Å²) in [6.07, 6.45) is 1.61. The van der Waals surface area contributed by atoms with Gasteiger partial charge in [0.25, 0.3) is 5.91 Å². The van der Waals surface area contributed by atoms with Gasteiger partial charge in [0.1, 0.15) is 0 Å². The Morgan fingerprint density at radius 3 is 2.64 bits per heavy atom. The van der Waals surface area contributed by atoms with Crippen molar-refractivity contribution >= 4 is 23.2 Å². The zero-order valence-corrected chi connectivity index (χ0v) is 14.7. The van der Waals surface area contributed by atoms with E-state index < -0.39 is 0 Å². The lowest BCUT2D eigenvalue weighted by atomic mass is 10.1. The van der Waals surface area contributed by atoms with Gasteiger partial charge in [-0.15, -0.1) is 6.58 Å². The van der Waals surface area contributed by atoms with E-state index in [1.165, 1.54) is 0 Å². The van der Waals surface area contributed by atoms with Crippen molar-refractivity contribution in [2.24, 2.45) is 7.05 Å². The van der Waals surface area contributed by atoms with Crippen LogP contribution in [0.2, 0.25) is 0 Å². The zero-order valence-electron chi connectivity index (χ0n) is 14.7. The highest BCUT2D eigenvalue weighted by Crippen LogP contribution is 2.18. The van der Waals surface area contributed by atoms with E-state index in [0.717, 1.165) is 11.4 Å². The number of anilines is 2. The van der Waals surface area contributed by atoms with E-state index in [9.17, 15) is 9.59 Å². The molecule has 0 saturated heterocycles. The molecule has 0 bridgehead atoms. The highest BCUT2D eigenvalue weighted by atomic mass is 16.2. The zero-order chi connectivity index (χ0) is 18.4. The minimum Gasteiger partial charge on any atom is -0.376 e. The fraction of sp³-hybridized carbons (Fsp3) is 0.278. The number of carbonyl (C=O) groups is 2. The minimum atomic E-state index is -0.220. The molecule has 2 aromatic rings. The van der Waals surface area contributed by atoms with Gasteiger partial charge in [0.15, 0.2) is 0 Å². The molecule has 0 saturated carbocycles. The Balaban J connectivity index is 2.02. The highest BCUT2D eigenvalue weighted by molar-refractivity contribution is 6.01. The molecule has 2 amide bonds. The van der Waals surface area contributed by atoms with Gasteiger partial charge in [-0.3, -0.25) is 14.3 Å². The lowest BCUT2D eigenvalue weighted by Gasteiger charge is -2.12. The van der Waals surface area contributed by atoms with Crippen LogP contribution < -0.4 is 16.0 Å². The fourth-order valence-corrected chi connectivity index (χ4v) is 2.41. The number of hydrogen-bond donors (Lipinski definition) is 3. The molecule has 0 spiro atoms. The first kappa shape index (κ1) is 18.3. The number of para-hydroxylation sites is 1. The van der Waals surface area contributed by atoms with Crippen molar-refractivity contribution in [1.82, 2.24) is 15.1 Å². The van der Waals surface area contributed by atoms with Gasteiger partial charge in [-0.1, -0.05) is 18.2 Å². The SMILES string of the molecule is C=CCNC(=O)c1ccccc1NCC(=O)Nc1c(C)nn(C)c1C. The summed E-state index contributed by atoms with van der Waals surface area (Å²) in [6, 6.07) is 7.04. The maximum absolute atomic E-state index is 12.2. The van der Waals surface area contributed by atoms with Crippen LogP contribution in [0.15, 0.2) is 36.9 Å². The van der Waals surface area contributed by atoms with Crippen LogP contribution >= 0.6 is 0 Å². The number of amides is 2. The number of hydrogen-bond acceptors (Lipinski definition) is 4. The second-order valence-corrected chi connectivity index (χ2v) is 5.62. The molecule has 7 nitrogen and oxygen atoms in total. The number of carbonyl (C=O) groups excluding carboxylic acids is 2. The van der Waals surface area contributed by atoms with E-state index in [-0.39, 0.29) is 18.4 Å². The number of aryl methyl sites for hydroxylation is 2. The summed E-state index contributed by atoms with van der Waals surface area (Å²) in [7, 11) is 1.83. The summed E-state index contributed by atoms with van der Waals surface area (Å²) in [6.45, 7) is 7.73. The first-order valence-corrected chi connectivity index (χ1v) is 7.96. The van der Waals surface area contributed by atoms with Crippen LogP contribution in [-0.2, 0) is 11.8 Å². The van der Waals surface area contributed by atoms with Gasteiger partial charge in [-0.25, -0.2) is 0 Å². The summed E-state index contributed by atoms with van der Waals surface area (Å²) < 4.78 is 1.72. The fourth-order valence-electron chi connectivity index (χ4n) is 2.41. The van der Waals surface area contributed by atoms with Gasteiger partial charge in [-0.2, -0.15) is 5.10 Å². The molecule has 1 aromatic carbocycles. The molecule has 3 N–H and O–H groups in total. The Kier molecular flexibility index (Phi) is 5.94. The quantitative estimate of drug-likeness (QED) is 0.672. The molecule has 0 aliphatic rings. The number of aromatic nitrogens is 2. The van der Waals surface area contributed by atoms with Gasteiger partial charge < -0.3 is 16.0 Å². The Hall–Kier alpha value is -3.09. The van der Waals surface area contributed by atoms with Crippen LogP contribution in [0.25, 0.3) is 0 Å². The van der Waals surface area contributed by atoms with Crippen molar-refractivity contribution in [3.8, 4) is 0 Å². The van der Waals surface area contributed by atoms with Crippen molar-refractivity contribution in [1.29, 1.82) is 0 Å². The largest absolute Gasteiger partial charge is 0.376 e. The van der Waals surface area contributed by atoms with Crippen LogP contribution in [0.1, 0.15) is 21.7 Å². The summed E-state index contributed by atoms with van der Waals surface area (Å²) in [4.78, 5) is 24.4. The molecular weight excluding hydrogens is 318 g/mol. The molecule has 2 rings (SSSR count). The van der Waals surface area contributed by atoms with E-state index >= 15 is 0 Å². The van der Waals surface area contributed by atoms with Crippen molar-refractivity contribution in [3.63, 3.8) is 0 Å². The summed E-state index contributed by atoms with van der Waals surface area (Å²) in [5.74, 6) is -0.428. The topological polar surface area (TPSA) is 88.1 Å². The van der Waals surface area contributed by atoms with E-state index in [1.54, 1.807) is 35.0 Å². The monoisotopic (exact) mass is 341 g/mol. The Bertz CT molecular complexity index is 795. The van der Waals surface area contributed by atoms with Gasteiger partial charge >= 0.3 is 0 Å². The van der Waals surface area contributed by atoms with Crippen molar-refractivity contribution < 1.29 is 9.59 Å². The number of nitrogens with one attached hydrogen (secondary N) is 3. The molecule has 1 heterocycles. The van der Waals surface area contributed by atoms with Crippen molar-refractivity contribution in [2.45, 2.75) is 13.8 Å². The summed E-state index contributed by atoms with van der Waals surface area (Å²) in [5, 5.41) is 12.9. The molecule has 0 aliphatic heterocycles. The Morgan fingerprint density at radius 2 is 2.00 bits per heavy atom. The third-order valence-electron chi connectivity index (χ3n) is 3.79. The molecular formula is C18H23N5O2. The van der Waals surface area contributed by atoms with E-state index in [4.69, 9.17) is 0 Å². The first-order valence-electron chi connectivity index (χ1n) is 7.96. The summed E-state index contributed by atoms with van der Waals surface area (Å²) >= 11 is 0. The number of rotatable bonds is 7. The highest BCUT2D eigenvalue weighted by Gasteiger charge is 2.14. The Morgan fingerprint density at radius 1 is 1.28 bits per heavy atom. The second-order valence-electron chi connectivity index (χ2n) is 5.62. The standard InChI is InChI=1S/C18H23N5O2/c1-5-10-19-18(25)14-8-6-7-9-15(14)20-11-16(24)21-17-12(2)22-23(4)13(17)3/h5-9,20H,1,10-11H2,2-4H3,(H,19,25)(H,21,24). The maximum atomic E-state index is 12.2. The van der Waals surface area contributed by atoms with Crippen LogP contribution in [0.5, 0.6) is 0 Å². The predicted molar refractivity (Wildman–Crippen MR) is 98.8 cm³/mol. The Labute approximate surface area is 147 Å². The molecule has 0 unspecified atom stereocenters. The minimum absolute atomic E-state index is 0.0412. The van der Waals surface area contributed by atoms with Gasteiger partial charge in [0.05, 0.1) is 29.2 Å². The smallest absolute Gasteiger partial charge is 0.253 e. The van der Waals surface area contributed by atoms with Gasteiger partial charge in [0.2, 0.25) is 5.91 Å². The molecule has 1 aromatic heterocycles. The summed E-state index contributed by atoms with van der Waals surface area (Å²) in [5.41, 5.74) is 3.43. The molecule has 132 valence electrons. The molecule has 0 fully saturated rings. The van der Waals surface area contributed by atoms with Crippen molar-refractivity contribution in [2.75, 3.05) is 23.7 Å². The molecule has 25 heavy (non-hydrogen) atoms. The second kappa shape index (κ2) is 8.14. The molecule has 0 radical (unpaired) electrons. The van der Waals surface area contributed by atoms with E-state index in [0.29, 0.717) is 23.5 Å². The molecule has 0 aliphatic carbocycles. The van der Waals surface area contributed by atoms with Gasteiger partial charge in [-0.05, 0) is 26.0 Å². The average molecular weight is 341 g/mol. The normalized spacial score (nSPS) is 10.2. The lowest BCUT2D eigenvalue weighted by Crippen LogP contribution is -2.26. The maximum Gasteiger partial charge on any atom is 0.253 e. The van der Waals surface area contributed by atoms with Crippen LogP contribution in [0.3, 0.4) is 0 Å². The van der Waals surface area contributed by atoms with E-state index in [2.05, 4.69) is 27.6 Å². The number of benzene rings is 1. The van der Waals surface area contributed by atoms with Gasteiger partial charge in [0, 0.05) is 19.3 Å². The van der Waals surface area contributed by atoms with Crippen LogP contribution in [0, 0.1) is 13.8 Å². The molecule has 0 atom stereocenters. The third kappa shape index (κ3) is 4.47. The van der Waals surface area contributed by atoms with E-state index in [1.807, 2.05) is 20.9 Å². The van der Waals surface area contributed by atoms with Crippen molar-refractivity contribution in [3.05, 3.63) is 53.9 Å². The lowest BCUT2D eigenvalue weighted by molar-refractivity contribution is -0.114. The third-order valence-corrected chi connectivity index (χ3v) is 3.79. The molecule has 7 heteroatoms. The predicted octanol–water partition coefficient (Wildman–Crippen LogP) is 2.00.